The van der Waals surface area contributed by atoms with Crippen molar-refractivity contribution in [1.29, 1.82) is 0 Å². The summed E-state index contributed by atoms with van der Waals surface area (Å²) in [6.07, 6.45) is 1.20. The molecular formula is C19H22ClN3O5S. The van der Waals surface area contributed by atoms with Crippen LogP contribution in [-0.2, 0) is 14.8 Å². The zero-order valence-corrected chi connectivity index (χ0v) is 18.0. The average Bonchev–Trinajstić information content (AvgIpc) is 2.62. The summed E-state index contributed by atoms with van der Waals surface area (Å²) >= 11 is 6.05. The van der Waals surface area contributed by atoms with Crippen LogP contribution in [0.1, 0.15) is 24.5 Å². The number of hydrogen-bond donors (Lipinski definition) is 1. The number of anilines is 2. The van der Waals surface area contributed by atoms with E-state index < -0.39 is 26.9 Å². The SMILES string of the molecule is CC[C@@H](C(=O)Nc1cc([N+](=O)[O-])ccc1C)N(c1cc(Cl)ccc1C)S(C)(=O)=O. The van der Waals surface area contributed by atoms with Crippen molar-refractivity contribution < 1.29 is 18.1 Å². The molecule has 1 amide bonds. The molecule has 10 heteroatoms. The predicted molar refractivity (Wildman–Crippen MR) is 114 cm³/mol. The molecule has 0 aromatic heterocycles. The Bertz CT molecular complexity index is 1060. The van der Waals surface area contributed by atoms with Crippen LogP contribution in [0.5, 0.6) is 0 Å². The van der Waals surface area contributed by atoms with Gasteiger partial charge in [0.2, 0.25) is 15.9 Å². The summed E-state index contributed by atoms with van der Waals surface area (Å²) in [4.78, 5) is 23.5. The number of rotatable bonds is 7. The van der Waals surface area contributed by atoms with Crippen LogP contribution in [0.3, 0.4) is 0 Å². The number of non-ortho nitro benzene ring substituents is 1. The van der Waals surface area contributed by atoms with Gasteiger partial charge in [0.05, 0.1) is 22.6 Å². The van der Waals surface area contributed by atoms with Gasteiger partial charge in [-0.15, -0.1) is 0 Å². The summed E-state index contributed by atoms with van der Waals surface area (Å²) in [6, 6.07) is 7.83. The Hall–Kier alpha value is -2.65. The summed E-state index contributed by atoms with van der Waals surface area (Å²) in [5.74, 6) is -0.596. The minimum Gasteiger partial charge on any atom is -0.324 e. The van der Waals surface area contributed by atoms with Gasteiger partial charge in [-0.3, -0.25) is 19.2 Å². The molecule has 29 heavy (non-hydrogen) atoms. The average molecular weight is 440 g/mol. The van der Waals surface area contributed by atoms with Crippen LogP contribution in [0, 0.1) is 24.0 Å². The number of sulfonamides is 1. The lowest BCUT2D eigenvalue weighted by molar-refractivity contribution is -0.384. The van der Waals surface area contributed by atoms with Crippen molar-refractivity contribution in [2.45, 2.75) is 33.2 Å². The molecule has 0 aliphatic carbocycles. The minimum atomic E-state index is -3.83. The Morgan fingerprint density at radius 3 is 2.38 bits per heavy atom. The molecule has 2 aromatic rings. The second-order valence-corrected chi connectivity index (χ2v) is 8.96. The van der Waals surface area contributed by atoms with Gasteiger partial charge in [-0.1, -0.05) is 30.7 Å². The molecule has 0 aliphatic rings. The summed E-state index contributed by atoms with van der Waals surface area (Å²) in [5, 5.41) is 14.0. The molecule has 0 heterocycles. The monoisotopic (exact) mass is 439 g/mol. The number of hydrogen-bond acceptors (Lipinski definition) is 5. The van der Waals surface area contributed by atoms with E-state index >= 15 is 0 Å². The maximum atomic E-state index is 13.0. The van der Waals surface area contributed by atoms with Gasteiger partial charge in [-0.05, 0) is 43.5 Å². The molecule has 0 saturated carbocycles. The summed E-state index contributed by atoms with van der Waals surface area (Å²) in [7, 11) is -3.83. The van der Waals surface area contributed by atoms with Gasteiger partial charge < -0.3 is 5.32 Å². The number of nitro benzene ring substituents is 1. The summed E-state index contributed by atoms with van der Waals surface area (Å²) in [5.41, 5.74) is 1.63. The number of amides is 1. The molecule has 8 nitrogen and oxygen atoms in total. The van der Waals surface area contributed by atoms with Crippen LogP contribution in [0.2, 0.25) is 5.02 Å². The number of aryl methyl sites for hydroxylation is 2. The lowest BCUT2D eigenvalue weighted by Crippen LogP contribution is -2.47. The minimum absolute atomic E-state index is 0.176. The highest BCUT2D eigenvalue weighted by atomic mass is 35.5. The first-order valence-corrected chi connectivity index (χ1v) is 11.0. The first-order valence-electron chi connectivity index (χ1n) is 8.77. The van der Waals surface area contributed by atoms with E-state index in [9.17, 15) is 23.3 Å². The quantitative estimate of drug-likeness (QED) is 0.517. The van der Waals surface area contributed by atoms with Crippen LogP contribution >= 0.6 is 11.6 Å². The second-order valence-electron chi connectivity index (χ2n) is 6.66. The van der Waals surface area contributed by atoms with Crippen LogP contribution in [0.15, 0.2) is 36.4 Å². The molecule has 0 spiro atoms. The highest BCUT2D eigenvalue weighted by molar-refractivity contribution is 7.92. The Kier molecular flexibility index (Phi) is 6.86. The van der Waals surface area contributed by atoms with Crippen LogP contribution in [0.4, 0.5) is 17.1 Å². The molecular weight excluding hydrogens is 418 g/mol. The standard InChI is InChI=1S/C19H22ClN3O5S/c1-5-17(19(24)21-16-11-15(23(25)26)9-7-12(16)2)22(29(4,27)28)18-10-14(20)8-6-13(18)3/h6-11,17H,5H2,1-4H3,(H,21,24)/t17-/m0/s1. The largest absolute Gasteiger partial charge is 0.324 e. The number of nitro groups is 1. The topological polar surface area (TPSA) is 110 Å². The maximum absolute atomic E-state index is 13.0. The number of nitrogens with one attached hydrogen (secondary N) is 1. The molecule has 0 aliphatic heterocycles. The van der Waals surface area contributed by atoms with E-state index in [0.717, 1.165) is 10.6 Å². The third-order valence-corrected chi connectivity index (χ3v) is 5.83. The fraction of sp³-hybridized carbons (Fsp3) is 0.316. The normalized spacial score (nSPS) is 12.3. The van der Waals surface area contributed by atoms with Crippen molar-refractivity contribution in [3.8, 4) is 0 Å². The van der Waals surface area contributed by atoms with Gasteiger partial charge >= 0.3 is 0 Å². The van der Waals surface area contributed by atoms with E-state index in [1.807, 2.05) is 0 Å². The van der Waals surface area contributed by atoms with Gasteiger partial charge in [0.15, 0.2) is 0 Å². The van der Waals surface area contributed by atoms with Gasteiger partial charge in [0.25, 0.3) is 5.69 Å². The Labute approximate surface area is 174 Å². The molecule has 2 aromatic carbocycles. The third kappa shape index (κ3) is 5.24. The molecule has 0 saturated heterocycles. The molecule has 0 fully saturated rings. The number of carbonyl (C=O) groups is 1. The van der Waals surface area contributed by atoms with Crippen molar-refractivity contribution in [3.63, 3.8) is 0 Å². The first-order chi connectivity index (χ1) is 13.5. The van der Waals surface area contributed by atoms with Gasteiger partial charge in [0, 0.05) is 17.2 Å². The highest BCUT2D eigenvalue weighted by Crippen LogP contribution is 2.30. The maximum Gasteiger partial charge on any atom is 0.271 e. The van der Waals surface area contributed by atoms with E-state index in [1.54, 1.807) is 32.9 Å². The van der Waals surface area contributed by atoms with Crippen LogP contribution in [0.25, 0.3) is 0 Å². The van der Waals surface area contributed by atoms with E-state index in [1.165, 1.54) is 24.3 Å². The van der Waals surface area contributed by atoms with Crippen molar-refractivity contribution >= 4 is 44.6 Å². The van der Waals surface area contributed by atoms with Crippen molar-refractivity contribution in [1.82, 2.24) is 0 Å². The first kappa shape index (κ1) is 22.6. The van der Waals surface area contributed by atoms with Crippen molar-refractivity contribution in [2.24, 2.45) is 0 Å². The van der Waals surface area contributed by atoms with Crippen molar-refractivity contribution in [2.75, 3.05) is 15.9 Å². The zero-order valence-electron chi connectivity index (χ0n) is 16.5. The smallest absolute Gasteiger partial charge is 0.271 e. The zero-order chi connectivity index (χ0) is 21.9. The van der Waals surface area contributed by atoms with Gasteiger partial charge in [0.1, 0.15) is 6.04 Å². The molecule has 1 atom stereocenters. The second kappa shape index (κ2) is 8.79. The number of carbonyl (C=O) groups excluding carboxylic acids is 1. The number of halogens is 1. The van der Waals surface area contributed by atoms with E-state index in [0.29, 0.717) is 21.8 Å². The van der Waals surface area contributed by atoms with Gasteiger partial charge in [-0.25, -0.2) is 8.42 Å². The Balaban J connectivity index is 2.48. The lowest BCUT2D eigenvalue weighted by Gasteiger charge is -2.31. The Morgan fingerprint density at radius 2 is 1.83 bits per heavy atom. The fourth-order valence-corrected chi connectivity index (χ4v) is 4.36. The third-order valence-electron chi connectivity index (χ3n) is 4.43. The van der Waals surface area contributed by atoms with E-state index in [2.05, 4.69) is 5.32 Å². The molecule has 2 rings (SSSR count). The fourth-order valence-electron chi connectivity index (χ4n) is 2.93. The summed E-state index contributed by atoms with van der Waals surface area (Å²) < 4.78 is 26.2. The molecule has 0 radical (unpaired) electrons. The number of nitrogens with zero attached hydrogens (tertiary/aromatic N) is 2. The van der Waals surface area contributed by atoms with Gasteiger partial charge in [-0.2, -0.15) is 0 Å². The molecule has 1 N–H and O–H groups in total. The highest BCUT2D eigenvalue weighted by Gasteiger charge is 2.33. The number of benzene rings is 2. The Morgan fingerprint density at radius 1 is 1.21 bits per heavy atom. The van der Waals surface area contributed by atoms with Crippen molar-refractivity contribution in [3.05, 3.63) is 62.7 Å². The molecule has 156 valence electrons. The predicted octanol–water partition coefficient (Wildman–Crippen LogP) is 4.05. The van der Waals surface area contributed by atoms with E-state index in [4.69, 9.17) is 11.6 Å². The lowest BCUT2D eigenvalue weighted by atomic mass is 10.1. The molecule has 0 bridgehead atoms. The van der Waals surface area contributed by atoms with E-state index in [-0.39, 0.29) is 17.8 Å². The summed E-state index contributed by atoms with van der Waals surface area (Å²) in [6.45, 7) is 5.09. The molecule has 0 unspecified atom stereocenters. The van der Waals surface area contributed by atoms with Crippen LogP contribution in [-0.4, -0.2) is 31.5 Å². The van der Waals surface area contributed by atoms with Crippen LogP contribution < -0.4 is 9.62 Å².